The van der Waals surface area contributed by atoms with Crippen LogP contribution in [0.4, 0.5) is 0 Å². The Hall–Kier alpha value is -3.88. The molecule has 2 aromatic heterocycles. The summed E-state index contributed by atoms with van der Waals surface area (Å²) in [6.45, 7) is 0.688. The van der Waals surface area contributed by atoms with Gasteiger partial charge in [-0.05, 0) is 78.7 Å². The quantitative estimate of drug-likeness (QED) is 0.354. The van der Waals surface area contributed by atoms with Crippen LogP contribution in [0, 0.1) is 0 Å². The summed E-state index contributed by atoms with van der Waals surface area (Å²) in [6, 6.07) is 24.0. The van der Waals surface area contributed by atoms with Crippen LogP contribution in [0.3, 0.4) is 0 Å². The van der Waals surface area contributed by atoms with E-state index in [9.17, 15) is 8.42 Å². The first-order valence-corrected chi connectivity index (χ1v) is 12.4. The highest BCUT2D eigenvalue weighted by Gasteiger charge is 2.29. The molecule has 1 aliphatic heterocycles. The molecule has 6 rings (SSSR count). The lowest BCUT2D eigenvalue weighted by atomic mass is 10.1. The van der Waals surface area contributed by atoms with Crippen LogP contribution in [-0.4, -0.2) is 28.8 Å². The van der Waals surface area contributed by atoms with Gasteiger partial charge in [-0.3, -0.25) is 4.57 Å². The Balaban J connectivity index is 1.17. The Kier molecular flexibility index (Phi) is 4.97. The van der Waals surface area contributed by atoms with E-state index in [1.165, 1.54) is 4.31 Å². The van der Waals surface area contributed by atoms with Crippen LogP contribution < -0.4 is 4.74 Å². The highest BCUT2D eigenvalue weighted by molar-refractivity contribution is 7.89. The van der Waals surface area contributed by atoms with E-state index in [1.807, 2.05) is 59.2 Å². The Morgan fingerprint density at radius 2 is 1.62 bits per heavy atom. The van der Waals surface area contributed by atoms with Crippen molar-refractivity contribution in [2.45, 2.75) is 17.9 Å². The number of benzene rings is 3. The van der Waals surface area contributed by atoms with E-state index in [0.717, 1.165) is 22.3 Å². The highest BCUT2D eigenvalue weighted by Crippen LogP contribution is 2.28. The number of aromatic nitrogens is 2. The van der Waals surface area contributed by atoms with Gasteiger partial charge in [-0.25, -0.2) is 13.4 Å². The molecule has 0 N–H and O–H groups in total. The molecule has 5 aromatic rings. The Morgan fingerprint density at radius 1 is 0.882 bits per heavy atom. The first-order chi connectivity index (χ1) is 16.6. The predicted molar refractivity (Wildman–Crippen MR) is 128 cm³/mol. The second-order valence-electron chi connectivity index (χ2n) is 8.13. The van der Waals surface area contributed by atoms with Crippen molar-refractivity contribution in [3.63, 3.8) is 0 Å². The number of rotatable bonds is 5. The van der Waals surface area contributed by atoms with Crippen molar-refractivity contribution in [2.75, 3.05) is 6.54 Å². The second-order valence-corrected chi connectivity index (χ2v) is 10.1. The minimum absolute atomic E-state index is 0.234. The third kappa shape index (κ3) is 3.67. The lowest BCUT2D eigenvalue weighted by Gasteiger charge is -2.25. The molecule has 7 nitrogen and oxygen atoms in total. The summed E-state index contributed by atoms with van der Waals surface area (Å²) in [6.07, 6.45) is 4.06. The van der Waals surface area contributed by atoms with Crippen LogP contribution in [0.15, 0.2) is 101 Å². The Bertz CT molecular complexity index is 1570. The molecular formula is C26H21N3O4S. The fraction of sp³-hybridized carbons (Fsp3) is 0.115. The minimum Gasteiger partial charge on any atom is -0.468 e. The van der Waals surface area contributed by atoms with Gasteiger partial charge in [0.25, 0.3) is 0 Å². The third-order valence-electron chi connectivity index (χ3n) is 6.05. The molecule has 1 aliphatic rings. The normalized spacial score (nSPS) is 14.2. The van der Waals surface area contributed by atoms with Gasteiger partial charge < -0.3 is 9.15 Å². The maximum Gasteiger partial charge on any atom is 0.243 e. The molecule has 0 radical (unpaired) electrons. The standard InChI is InChI=1S/C26H21N3O4S/c30-34(31,28-15-13-19-14-16-32-26(19)17-28)23-11-9-22(10-12-23)33-21-7-5-20(6-8-21)29-18-27-24-3-1-2-4-25(24)29/h1-12,14,16,18H,13,15,17H2. The number of sulfonamides is 1. The van der Waals surface area contributed by atoms with Gasteiger partial charge in [0, 0.05) is 12.2 Å². The predicted octanol–water partition coefficient (Wildman–Crippen LogP) is 5.16. The summed E-state index contributed by atoms with van der Waals surface area (Å²) in [5, 5.41) is 0. The number of hydrogen-bond acceptors (Lipinski definition) is 5. The molecule has 0 aliphatic carbocycles. The molecule has 0 bridgehead atoms. The van der Waals surface area contributed by atoms with E-state index in [4.69, 9.17) is 9.15 Å². The van der Waals surface area contributed by atoms with E-state index in [-0.39, 0.29) is 11.4 Å². The Morgan fingerprint density at radius 3 is 2.41 bits per heavy atom. The zero-order chi connectivity index (χ0) is 23.1. The zero-order valence-electron chi connectivity index (χ0n) is 18.2. The van der Waals surface area contributed by atoms with Crippen LogP contribution in [0.2, 0.25) is 0 Å². The van der Waals surface area contributed by atoms with E-state index in [0.29, 0.717) is 30.2 Å². The number of imidazole rings is 1. The molecule has 0 saturated heterocycles. The molecule has 170 valence electrons. The second kappa shape index (κ2) is 8.16. The number of hydrogen-bond donors (Lipinski definition) is 0. The van der Waals surface area contributed by atoms with Gasteiger partial charge >= 0.3 is 0 Å². The average Bonchev–Trinajstić information content (AvgIpc) is 3.52. The summed E-state index contributed by atoms with van der Waals surface area (Å²) in [5.41, 5.74) is 4.02. The summed E-state index contributed by atoms with van der Waals surface area (Å²) < 4.78 is 41.0. The van der Waals surface area contributed by atoms with E-state index < -0.39 is 10.0 Å². The maximum absolute atomic E-state index is 13.1. The van der Waals surface area contributed by atoms with Gasteiger partial charge in [0.1, 0.15) is 23.6 Å². The molecule has 3 aromatic carbocycles. The number of ether oxygens (including phenoxy) is 1. The largest absolute Gasteiger partial charge is 0.468 e. The van der Waals surface area contributed by atoms with E-state index in [2.05, 4.69) is 4.98 Å². The van der Waals surface area contributed by atoms with Crippen molar-refractivity contribution in [3.8, 4) is 17.2 Å². The van der Waals surface area contributed by atoms with Gasteiger partial charge in [-0.1, -0.05) is 12.1 Å². The van der Waals surface area contributed by atoms with Crippen molar-refractivity contribution < 1.29 is 17.6 Å². The molecule has 0 atom stereocenters. The average molecular weight is 472 g/mol. The number of furan rings is 1. The molecule has 0 fully saturated rings. The van der Waals surface area contributed by atoms with Crippen LogP contribution in [-0.2, 0) is 23.0 Å². The van der Waals surface area contributed by atoms with Crippen LogP contribution in [0.25, 0.3) is 16.7 Å². The topological polar surface area (TPSA) is 77.6 Å². The summed E-state index contributed by atoms with van der Waals surface area (Å²) in [5.74, 6) is 1.93. The molecular weight excluding hydrogens is 450 g/mol. The first kappa shape index (κ1) is 20.7. The molecule has 3 heterocycles. The smallest absolute Gasteiger partial charge is 0.243 e. The zero-order valence-corrected chi connectivity index (χ0v) is 19.0. The Labute approximate surface area is 196 Å². The molecule has 0 amide bonds. The highest BCUT2D eigenvalue weighted by atomic mass is 32.2. The fourth-order valence-corrected chi connectivity index (χ4v) is 5.62. The van der Waals surface area contributed by atoms with Crippen LogP contribution in [0.1, 0.15) is 11.3 Å². The minimum atomic E-state index is -3.61. The third-order valence-corrected chi connectivity index (χ3v) is 7.91. The number of fused-ring (bicyclic) bond motifs is 2. The van der Waals surface area contributed by atoms with E-state index >= 15 is 0 Å². The van der Waals surface area contributed by atoms with Crippen molar-refractivity contribution in [1.82, 2.24) is 13.9 Å². The molecule has 0 unspecified atom stereocenters. The molecule has 8 heteroatoms. The molecule has 34 heavy (non-hydrogen) atoms. The van der Waals surface area contributed by atoms with Crippen LogP contribution >= 0.6 is 0 Å². The molecule has 0 saturated carbocycles. The monoisotopic (exact) mass is 471 g/mol. The lowest BCUT2D eigenvalue weighted by molar-refractivity contribution is 0.343. The van der Waals surface area contributed by atoms with Gasteiger partial charge in [0.2, 0.25) is 10.0 Å². The van der Waals surface area contributed by atoms with Gasteiger partial charge in [-0.15, -0.1) is 0 Å². The fourth-order valence-electron chi connectivity index (χ4n) is 4.22. The molecule has 0 spiro atoms. The summed E-state index contributed by atoms with van der Waals surface area (Å²) >= 11 is 0. The van der Waals surface area contributed by atoms with Crippen molar-refractivity contribution >= 4 is 21.1 Å². The van der Waals surface area contributed by atoms with Crippen LogP contribution in [0.5, 0.6) is 11.5 Å². The first-order valence-electron chi connectivity index (χ1n) is 10.9. The number of nitrogens with zero attached hydrogens (tertiary/aromatic N) is 3. The van der Waals surface area contributed by atoms with Crippen molar-refractivity contribution in [2.24, 2.45) is 0 Å². The summed E-state index contributed by atoms with van der Waals surface area (Å²) in [4.78, 5) is 4.66. The van der Waals surface area contributed by atoms with Gasteiger partial charge in [-0.2, -0.15) is 4.31 Å². The van der Waals surface area contributed by atoms with Crippen molar-refractivity contribution in [3.05, 3.63) is 103 Å². The lowest BCUT2D eigenvalue weighted by Crippen LogP contribution is -2.35. The maximum atomic E-state index is 13.1. The van der Waals surface area contributed by atoms with Gasteiger partial charge in [0.15, 0.2) is 0 Å². The van der Waals surface area contributed by atoms with Gasteiger partial charge in [0.05, 0.1) is 28.7 Å². The SMILES string of the molecule is O=S(=O)(c1ccc(Oc2ccc(-n3cnc4ccccc43)cc2)cc1)N1CCc2ccoc2C1. The van der Waals surface area contributed by atoms with Crippen molar-refractivity contribution in [1.29, 1.82) is 0 Å². The number of para-hydroxylation sites is 2. The van der Waals surface area contributed by atoms with E-state index in [1.54, 1.807) is 36.9 Å². The summed E-state index contributed by atoms with van der Waals surface area (Å²) in [7, 11) is -3.61.